The van der Waals surface area contributed by atoms with E-state index in [1.165, 1.54) is 6.07 Å². The van der Waals surface area contributed by atoms with E-state index in [4.69, 9.17) is 4.84 Å². The van der Waals surface area contributed by atoms with Gasteiger partial charge in [0.05, 0.1) is 6.20 Å². The molecular weight excluding hydrogens is 290 g/mol. The molecular formula is C15H16F2N4O. The van der Waals surface area contributed by atoms with E-state index in [0.29, 0.717) is 5.56 Å². The third-order valence-electron chi connectivity index (χ3n) is 2.62. The second-order valence-electron chi connectivity index (χ2n) is 4.88. The topological polar surface area (TPSA) is 59.4 Å². The van der Waals surface area contributed by atoms with Gasteiger partial charge in [-0.2, -0.15) is 9.97 Å². The molecule has 0 spiro atoms. The summed E-state index contributed by atoms with van der Waals surface area (Å²) in [6.07, 6.45) is 2.54. The molecule has 0 aliphatic carbocycles. The van der Waals surface area contributed by atoms with Crippen molar-refractivity contribution < 1.29 is 13.6 Å². The lowest BCUT2D eigenvalue weighted by atomic mass is 10.2. The van der Waals surface area contributed by atoms with Gasteiger partial charge >= 0.3 is 6.01 Å². The Hall–Kier alpha value is -2.57. The van der Waals surface area contributed by atoms with Crippen LogP contribution in [0.4, 0.5) is 14.6 Å². The van der Waals surface area contributed by atoms with Crippen LogP contribution in [-0.4, -0.2) is 16.2 Å². The van der Waals surface area contributed by atoms with E-state index in [-0.39, 0.29) is 30.1 Å². The Morgan fingerprint density at radius 2 is 2.05 bits per heavy atom. The quantitative estimate of drug-likeness (QED) is 0.656. The molecule has 1 aromatic heterocycles. The summed E-state index contributed by atoms with van der Waals surface area (Å²) in [5.74, 6) is -0.897. The first-order valence-corrected chi connectivity index (χ1v) is 6.76. The van der Waals surface area contributed by atoms with E-state index in [9.17, 15) is 8.78 Å². The summed E-state index contributed by atoms with van der Waals surface area (Å²) in [6.45, 7) is 3.95. The Bertz CT molecular complexity index is 662. The van der Waals surface area contributed by atoms with Gasteiger partial charge in [0.1, 0.15) is 5.82 Å². The molecule has 0 aliphatic rings. The highest BCUT2D eigenvalue weighted by Crippen LogP contribution is 2.15. The predicted octanol–water partition coefficient (Wildman–Crippen LogP) is 3.39. The van der Waals surface area contributed by atoms with Gasteiger partial charge < -0.3 is 10.2 Å². The maximum absolute atomic E-state index is 13.6. The third-order valence-corrected chi connectivity index (χ3v) is 2.62. The Morgan fingerprint density at radius 1 is 1.27 bits per heavy atom. The number of benzene rings is 1. The van der Waals surface area contributed by atoms with Gasteiger partial charge in [-0.25, -0.2) is 8.78 Å². The van der Waals surface area contributed by atoms with Crippen LogP contribution < -0.4 is 10.2 Å². The van der Waals surface area contributed by atoms with Gasteiger partial charge in [0.2, 0.25) is 0 Å². The Morgan fingerprint density at radius 3 is 2.77 bits per heavy atom. The Kier molecular flexibility index (Phi) is 5.35. The standard InChI is InChI=1S/C15H16F2N4O/c1-10(2)7-20-22-15-19-9-13(17)14(21-15)18-8-11-5-3-4-6-12(11)16/h3-7,9-10H,8H2,1-2H3,(H,18,19,21). The van der Waals surface area contributed by atoms with Gasteiger partial charge in [-0.3, -0.25) is 0 Å². The monoisotopic (exact) mass is 306 g/mol. The average molecular weight is 306 g/mol. The molecule has 1 heterocycles. The first kappa shape index (κ1) is 15.8. The molecule has 2 rings (SSSR count). The normalized spacial score (nSPS) is 11.1. The van der Waals surface area contributed by atoms with Gasteiger partial charge in [-0.15, -0.1) is 0 Å². The third kappa shape index (κ3) is 4.47. The molecule has 116 valence electrons. The highest BCUT2D eigenvalue weighted by atomic mass is 19.1. The SMILES string of the molecule is CC(C)C=NOc1ncc(F)c(NCc2ccccc2F)n1. The predicted molar refractivity (Wildman–Crippen MR) is 79.7 cm³/mol. The van der Waals surface area contributed by atoms with E-state index in [1.54, 1.807) is 24.4 Å². The molecule has 5 nitrogen and oxygen atoms in total. The summed E-state index contributed by atoms with van der Waals surface area (Å²) < 4.78 is 27.2. The molecule has 0 radical (unpaired) electrons. The molecule has 0 aliphatic heterocycles. The number of nitrogens with zero attached hydrogens (tertiary/aromatic N) is 3. The number of hydrogen-bond acceptors (Lipinski definition) is 5. The number of rotatable bonds is 6. The molecule has 1 aromatic carbocycles. The fourth-order valence-electron chi connectivity index (χ4n) is 1.54. The van der Waals surface area contributed by atoms with Crippen molar-refractivity contribution in [3.8, 4) is 6.01 Å². The molecule has 0 fully saturated rings. The van der Waals surface area contributed by atoms with Crippen molar-refractivity contribution in [3.63, 3.8) is 0 Å². The van der Waals surface area contributed by atoms with Crippen molar-refractivity contribution >= 4 is 12.0 Å². The number of hydrogen-bond donors (Lipinski definition) is 1. The number of aromatic nitrogens is 2. The molecule has 0 amide bonds. The van der Waals surface area contributed by atoms with Crippen LogP contribution >= 0.6 is 0 Å². The minimum atomic E-state index is -0.656. The number of nitrogens with one attached hydrogen (secondary N) is 1. The Labute approximate surface area is 127 Å². The van der Waals surface area contributed by atoms with Crippen LogP contribution in [0.1, 0.15) is 19.4 Å². The van der Waals surface area contributed by atoms with Crippen molar-refractivity contribution in [1.82, 2.24) is 9.97 Å². The summed E-state index contributed by atoms with van der Waals surface area (Å²) in [5, 5.41) is 6.40. The minimum absolute atomic E-state index is 0.0759. The maximum Gasteiger partial charge on any atom is 0.347 e. The summed E-state index contributed by atoms with van der Waals surface area (Å²) in [7, 11) is 0. The highest BCUT2D eigenvalue weighted by molar-refractivity contribution is 5.58. The number of anilines is 1. The highest BCUT2D eigenvalue weighted by Gasteiger charge is 2.09. The average Bonchev–Trinajstić information content (AvgIpc) is 2.48. The van der Waals surface area contributed by atoms with E-state index < -0.39 is 5.82 Å². The van der Waals surface area contributed by atoms with Crippen LogP contribution in [0.3, 0.4) is 0 Å². The van der Waals surface area contributed by atoms with Gasteiger partial charge in [-0.05, 0) is 12.0 Å². The first-order chi connectivity index (χ1) is 10.6. The summed E-state index contributed by atoms with van der Waals surface area (Å²) in [4.78, 5) is 12.5. The lowest BCUT2D eigenvalue weighted by Crippen LogP contribution is -2.07. The second-order valence-corrected chi connectivity index (χ2v) is 4.88. The largest absolute Gasteiger partial charge is 0.363 e. The zero-order chi connectivity index (χ0) is 15.9. The molecule has 0 atom stereocenters. The lowest BCUT2D eigenvalue weighted by Gasteiger charge is -2.08. The first-order valence-electron chi connectivity index (χ1n) is 6.76. The maximum atomic E-state index is 13.6. The fourth-order valence-corrected chi connectivity index (χ4v) is 1.54. The number of oxime groups is 1. The molecule has 22 heavy (non-hydrogen) atoms. The van der Waals surface area contributed by atoms with E-state index in [1.807, 2.05) is 13.8 Å². The van der Waals surface area contributed by atoms with Gasteiger partial charge in [0.15, 0.2) is 11.6 Å². The lowest BCUT2D eigenvalue weighted by molar-refractivity contribution is 0.311. The Balaban J connectivity index is 2.05. The second kappa shape index (κ2) is 7.44. The molecule has 0 unspecified atom stereocenters. The van der Waals surface area contributed by atoms with E-state index >= 15 is 0 Å². The van der Waals surface area contributed by atoms with Crippen LogP contribution in [0, 0.1) is 17.6 Å². The van der Waals surface area contributed by atoms with Crippen molar-refractivity contribution in [2.75, 3.05) is 5.32 Å². The smallest absolute Gasteiger partial charge is 0.347 e. The van der Waals surface area contributed by atoms with Crippen LogP contribution in [0.2, 0.25) is 0 Å². The van der Waals surface area contributed by atoms with Crippen LogP contribution in [0.5, 0.6) is 6.01 Å². The fraction of sp³-hybridized carbons (Fsp3) is 0.267. The molecule has 0 saturated carbocycles. The van der Waals surface area contributed by atoms with Crippen molar-refractivity contribution in [3.05, 3.63) is 47.7 Å². The van der Waals surface area contributed by atoms with Crippen LogP contribution in [0.15, 0.2) is 35.6 Å². The van der Waals surface area contributed by atoms with Crippen molar-refractivity contribution in [2.24, 2.45) is 11.1 Å². The molecule has 1 N–H and O–H groups in total. The molecule has 0 saturated heterocycles. The van der Waals surface area contributed by atoms with E-state index in [2.05, 4.69) is 20.4 Å². The summed E-state index contributed by atoms with van der Waals surface area (Å²) in [5.41, 5.74) is 0.404. The minimum Gasteiger partial charge on any atom is -0.363 e. The van der Waals surface area contributed by atoms with Crippen molar-refractivity contribution in [2.45, 2.75) is 20.4 Å². The molecule has 0 bridgehead atoms. The summed E-state index contributed by atoms with van der Waals surface area (Å²) in [6, 6.07) is 6.14. The summed E-state index contributed by atoms with van der Waals surface area (Å²) >= 11 is 0. The molecule has 7 heteroatoms. The van der Waals surface area contributed by atoms with Gasteiger partial charge in [0.25, 0.3) is 0 Å². The number of halogens is 2. The van der Waals surface area contributed by atoms with Crippen LogP contribution in [-0.2, 0) is 6.54 Å². The van der Waals surface area contributed by atoms with Gasteiger partial charge in [0, 0.05) is 18.3 Å². The zero-order valence-electron chi connectivity index (χ0n) is 12.3. The van der Waals surface area contributed by atoms with Crippen molar-refractivity contribution in [1.29, 1.82) is 0 Å². The van der Waals surface area contributed by atoms with E-state index in [0.717, 1.165) is 6.20 Å². The zero-order valence-corrected chi connectivity index (χ0v) is 12.3. The molecule has 2 aromatic rings. The van der Waals surface area contributed by atoms with Crippen LogP contribution in [0.25, 0.3) is 0 Å². The van der Waals surface area contributed by atoms with Gasteiger partial charge in [-0.1, -0.05) is 37.2 Å².